The zero-order valence-corrected chi connectivity index (χ0v) is 10.5. The summed E-state index contributed by atoms with van der Waals surface area (Å²) in [4.78, 5) is 21.6. The van der Waals surface area contributed by atoms with Crippen LogP contribution in [0, 0.1) is 0 Å². The van der Waals surface area contributed by atoms with Gasteiger partial charge in [0.2, 0.25) is 0 Å². The summed E-state index contributed by atoms with van der Waals surface area (Å²) >= 11 is 0. The van der Waals surface area contributed by atoms with Gasteiger partial charge >= 0.3 is 12.0 Å². The second-order valence-electron chi connectivity index (χ2n) is 3.93. The molecule has 4 N–H and O–H groups in total. The predicted molar refractivity (Wildman–Crippen MR) is 64.4 cm³/mol. The molecule has 9 heteroatoms. The number of hydrogen-bond acceptors (Lipinski definition) is 5. The molecule has 2 amide bonds. The maximum Gasteiger partial charge on any atom is 0.332 e. The van der Waals surface area contributed by atoms with E-state index in [1.165, 1.54) is 0 Å². The maximum absolute atomic E-state index is 11.3. The lowest BCUT2D eigenvalue weighted by molar-refractivity contribution is -0.146. The Labute approximate surface area is 109 Å². The van der Waals surface area contributed by atoms with Gasteiger partial charge in [-0.1, -0.05) is 0 Å². The average Bonchev–Trinajstić information content (AvgIpc) is 2.75. The highest BCUT2D eigenvalue weighted by molar-refractivity contribution is 5.74. The van der Waals surface area contributed by atoms with Gasteiger partial charge in [-0.3, -0.25) is 0 Å². The molecule has 1 aromatic rings. The second-order valence-corrected chi connectivity index (χ2v) is 3.93. The number of carbonyl (C=O) groups excluding carboxylic acids is 1. The Morgan fingerprint density at radius 3 is 2.68 bits per heavy atom. The minimum absolute atomic E-state index is 0.0357. The van der Waals surface area contributed by atoms with Crippen molar-refractivity contribution in [2.45, 2.75) is 18.9 Å². The third kappa shape index (κ3) is 5.34. The van der Waals surface area contributed by atoms with Crippen LogP contribution in [0.2, 0.25) is 0 Å². The normalized spacial score (nSPS) is 11.9. The number of nitrogens with zero attached hydrogens (tertiary/aromatic N) is 3. The number of aliphatic hydroxyl groups is 1. The molecule has 1 aromatic heterocycles. The third-order valence-electron chi connectivity index (χ3n) is 2.43. The van der Waals surface area contributed by atoms with Gasteiger partial charge in [-0.15, -0.1) is 10.2 Å². The second kappa shape index (κ2) is 7.31. The highest BCUT2D eigenvalue weighted by atomic mass is 16.4. The molecule has 0 saturated carbocycles. The molecule has 0 fully saturated rings. The van der Waals surface area contributed by atoms with Crippen molar-refractivity contribution in [3.8, 4) is 0 Å². The van der Waals surface area contributed by atoms with E-state index < -0.39 is 18.1 Å². The zero-order chi connectivity index (χ0) is 14.3. The number of carboxylic acid groups (broad SMARTS) is 1. The molecule has 1 atom stereocenters. The fourth-order valence-corrected chi connectivity index (χ4v) is 1.33. The molecule has 0 spiro atoms. The van der Waals surface area contributed by atoms with Crippen LogP contribution in [0.3, 0.4) is 0 Å². The van der Waals surface area contributed by atoms with Crippen molar-refractivity contribution in [2.75, 3.05) is 13.1 Å². The maximum atomic E-state index is 11.3. The van der Waals surface area contributed by atoms with E-state index in [1.54, 1.807) is 10.9 Å². The van der Waals surface area contributed by atoms with Crippen LogP contribution in [-0.4, -0.2) is 56.2 Å². The van der Waals surface area contributed by atoms with Gasteiger partial charge in [-0.2, -0.15) is 0 Å². The number of aryl methyl sites for hydroxylation is 1. The first-order chi connectivity index (χ1) is 9.00. The molecular formula is C10H17N5O4. The number of carbonyl (C=O) groups is 2. The van der Waals surface area contributed by atoms with Crippen molar-refractivity contribution in [2.24, 2.45) is 7.05 Å². The lowest BCUT2D eigenvalue weighted by Gasteiger charge is -2.08. The van der Waals surface area contributed by atoms with Crippen LogP contribution in [-0.2, 0) is 18.3 Å². The number of urea groups is 1. The quantitative estimate of drug-likeness (QED) is 0.477. The van der Waals surface area contributed by atoms with Crippen molar-refractivity contribution in [3.05, 3.63) is 12.2 Å². The summed E-state index contributed by atoms with van der Waals surface area (Å²) in [6.45, 7) is 0.475. The Morgan fingerprint density at radius 1 is 1.42 bits per heavy atom. The summed E-state index contributed by atoms with van der Waals surface area (Å²) in [6.07, 6.45) is 0.620. The van der Waals surface area contributed by atoms with Gasteiger partial charge in [-0.25, -0.2) is 9.59 Å². The zero-order valence-electron chi connectivity index (χ0n) is 10.5. The van der Waals surface area contributed by atoms with E-state index in [-0.39, 0.29) is 13.0 Å². The fourth-order valence-electron chi connectivity index (χ4n) is 1.33. The number of aromatic nitrogens is 3. The number of aliphatic hydroxyl groups excluding tert-OH is 1. The van der Waals surface area contributed by atoms with Crippen molar-refractivity contribution in [1.82, 2.24) is 25.4 Å². The molecule has 1 unspecified atom stereocenters. The number of nitrogens with one attached hydrogen (secondary N) is 2. The Kier molecular flexibility index (Phi) is 5.73. The third-order valence-corrected chi connectivity index (χ3v) is 2.43. The minimum atomic E-state index is -1.46. The number of carboxylic acids is 1. The van der Waals surface area contributed by atoms with E-state index in [2.05, 4.69) is 20.8 Å². The molecule has 9 nitrogen and oxygen atoms in total. The van der Waals surface area contributed by atoms with Crippen molar-refractivity contribution < 1.29 is 19.8 Å². The van der Waals surface area contributed by atoms with E-state index in [0.29, 0.717) is 13.0 Å². The first kappa shape index (κ1) is 14.9. The molecule has 106 valence electrons. The van der Waals surface area contributed by atoms with Crippen molar-refractivity contribution in [3.63, 3.8) is 0 Å². The van der Waals surface area contributed by atoms with E-state index in [9.17, 15) is 9.59 Å². The van der Waals surface area contributed by atoms with E-state index in [0.717, 1.165) is 5.82 Å². The SMILES string of the molecule is Cn1cnnc1CCNC(=O)NCCC(O)C(=O)O. The molecule has 1 rings (SSSR count). The van der Waals surface area contributed by atoms with Gasteiger partial charge < -0.3 is 25.4 Å². The highest BCUT2D eigenvalue weighted by Crippen LogP contribution is 1.91. The first-order valence-electron chi connectivity index (χ1n) is 5.76. The predicted octanol–water partition coefficient (Wildman–Crippen LogP) is -1.51. The Hall–Kier alpha value is -2.16. The molecule has 1 heterocycles. The molecule has 0 aliphatic rings. The molecule has 0 bridgehead atoms. The van der Waals surface area contributed by atoms with Gasteiger partial charge in [0.1, 0.15) is 12.2 Å². The number of hydrogen-bond donors (Lipinski definition) is 4. The van der Waals surface area contributed by atoms with E-state index >= 15 is 0 Å². The summed E-state index contributed by atoms with van der Waals surface area (Å²) in [5.74, 6) is -0.550. The topological polar surface area (TPSA) is 129 Å². The van der Waals surface area contributed by atoms with Crippen LogP contribution in [0.15, 0.2) is 6.33 Å². The van der Waals surface area contributed by atoms with E-state index in [4.69, 9.17) is 10.2 Å². The number of aliphatic carboxylic acids is 1. The van der Waals surface area contributed by atoms with Crippen LogP contribution in [0.1, 0.15) is 12.2 Å². The summed E-state index contributed by atoms with van der Waals surface area (Å²) in [5, 5.41) is 30.0. The number of amides is 2. The molecular weight excluding hydrogens is 254 g/mol. The number of rotatable bonds is 7. The summed E-state index contributed by atoms with van der Waals surface area (Å²) in [5.41, 5.74) is 0. The Balaban J connectivity index is 2.12. The Bertz CT molecular complexity index is 433. The summed E-state index contributed by atoms with van der Waals surface area (Å²) in [6, 6.07) is -0.417. The van der Waals surface area contributed by atoms with Crippen LogP contribution in [0.5, 0.6) is 0 Å². The average molecular weight is 271 g/mol. The standard InChI is InChI=1S/C10H17N5O4/c1-15-6-13-14-8(15)3-5-12-10(19)11-4-2-7(16)9(17)18/h6-7,16H,2-5H2,1H3,(H,17,18)(H2,11,12,19). The molecule has 0 aliphatic carbocycles. The van der Waals surface area contributed by atoms with Gasteiger partial charge in [0.25, 0.3) is 0 Å². The minimum Gasteiger partial charge on any atom is -0.479 e. The van der Waals surface area contributed by atoms with Crippen molar-refractivity contribution in [1.29, 1.82) is 0 Å². The van der Waals surface area contributed by atoms with E-state index in [1.807, 2.05) is 7.05 Å². The lowest BCUT2D eigenvalue weighted by Crippen LogP contribution is -2.38. The van der Waals surface area contributed by atoms with Gasteiger partial charge in [0.05, 0.1) is 0 Å². The fraction of sp³-hybridized carbons (Fsp3) is 0.600. The van der Waals surface area contributed by atoms with Crippen LogP contribution in [0.4, 0.5) is 4.79 Å². The van der Waals surface area contributed by atoms with Crippen molar-refractivity contribution >= 4 is 12.0 Å². The van der Waals surface area contributed by atoms with Gasteiger partial charge in [0.15, 0.2) is 6.10 Å². The molecule has 0 radical (unpaired) electrons. The summed E-state index contributed by atoms with van der Waals surface area (Å²) in [7, 11) is 1.81. The van der Waals surface area contributed by atoms with Crippen LogP contribution >= 0.6 is 0 Å². The molecule has 19 heavy (non-hydrogen) atoms. The van der Waals surface area contributed by atoms with Gasteiger partial charge in [0, 0.05) is 33.0 Å². The molecule has 0 saturated heterocycles. The largest absolute Gasteiger partial charge is 0.479 e. The monoisotopic (exact) mass is 271 g/mol. The first-order valence-corrected chi connectivity index (χ1v) is 5.76. The highest BCUT2D eigenvalue weighted by Gasteiger charge is 2.12. The molecule has 0 aliphatic heterocycles. The van der Waals surface area contributed by atoms with Crippen LogP contribution < -0.4 is 10.6 Å². The summed E-state index contributed by atoms with van der Waals surface area (Å²) < 4.78 is 1.75. The molecule has 0 aromatic carbocycles. The smallest absolute Gasteiger partial charge is 0.332 e. The van der Waals surface area contributed by atoms with Gasteiger partial charge in [-0.05, 0) is 0 Å². The van der Waals surface area contributed by atoms with Crippen LogP contribution in [0.25, 0.3) is 0 Å². The lowest BCUT2D eigenvalue weighted by atomic mass is 10.2. The Morgan fingerprint density at radius 2 is 2.11 bits per heavy atom.